The van der Waals surface area contributed by atoms with E-state index in [2.05, 4.69) is 213 Å². The Labute approximate surface area is 549 Å². The molecule has 0 aromatic heterocycles. The lowest BCUT2D eigenvalue weighted by atomic mass is 10.1. The van der Waals surface area contributed by atoms with E-state index in [1.54, 1.807) is 0 Å². The van der Waals surface area contributed by atoms with Crippen LogP contribution < -0.4 is 51.4 Å². The molecule has 12 heteroatoms. The number of ether oxygens (including phenoxy) is 4. The summed E-state index contributed by atoms with van der Waals surface area (Å²) in [5, 5.41) is 21.7. The lowest BCUT2D eigenvalue weighted by molar-refractivity contribution is 0.138. The van der Waals surface area contributed by atoms with E-state index in [1.165, 1.54) is 43.2 Å². The molecule has 0 heterocycles. The van der Waals surface area contributed by atoms with Gasteiger partial charge < -0.3 is 56.2 Å². The minimum absolute atomic E-state index is 0. The molecule has 89 heavy (non-hydrogen) atoms. The minimum Gasteiger partial charge on any atom is -0.493 e. The molecule has 7 N–H and O–H groups in total. The molecular formula is C77H125N7O4S. The molecule has 6 aromatic rings. The molecule has 0 aliphatic heterocycles. The number of hydrogen-bond acceptors (Lipinski definition) is 12. The summed E-state index contributed by atoms with van der Waals surface area (Å²) in [7, 11) is 13.7. The zero-order chi connectivity index (χ0) is 64.8. The Morgan fingerprint density at radius 1 is 0.393 bits per heavy atom. The molecule has 6 aromatic carbocycles. The SMILES string of the molecule is C.CC/C=C/CCNC.CCCOCCNC.CCCOc1cccc(OCCNC)c1.CCCOc1ccccc1/C=C/CNC.CCc1ccc(CCNC)cc1.CCc1cccc(CCNC)c1.CCc1ccccc1Sc1ccccc1CNC. The first-order chi connectivity index (χ1) is 43.1. The van der Waals surface area contributed by atoms with Crippen molar-refractivity contribution < 1.29 is 18.9 Å². The van der Waals surface area contributed by atoms with Crippen molar-refractivity contribution >= 4 is 17.8 Å². The molecule has 0 saturated carbocycles. The fourth-order valence-corrected chi connectivity index (χ4v) is 8.93. The number of nitrogens with one attached hydrogen (secondary N) is 7. The molecule has 0 aliphatic rings. The van der Waals surface area contributed by atoms with Crippen molar-refractivity contribution in [2.24, 2.45) is 0 Å². The average Bonchev–Trinajstić information content (AvgIpc) is 3.71. The van der Waals surface area contributed by atoms with E-state index < -0.39 is 0 Å². The number of hydrogen-bond donors (Lipinski definition) is 7. The third-order valence-electron chi connectivity index (χ3n) is 12.8. The van der Waals surface area contributed by atoms with Gasteiger partial charge in [-0.2, -0.15) is 0 Å². The third kappa shape index (κ3) is 46.9. The fourth-order valence-electron chi connectivity index (χ4n) is 7.78. The second-order valence-corrected chi connectivity index (χ2v) is 21.4. The Morgan fingerprint density at radius 3 is 1.51 bits per heavy atom. The van der Waals surface area contributed by atoms with Gasteiger partial charge in [0.1, 0.15) is 23.9 Å². The maximum absolute atomic E-state index is 5.65. The van der Waals surface area contributed by atoms with E-state index in [1.807, 2.05) is 104 Å². The predicted octanol–water partition coefficient (Wildman–Crippen LogP) is 15.8. The van der Waals surface area contributed by atoms with Gasteiger partial charge >= 0.3 is 0 Å². The standard InChI is InChI=1S/C16H19NS.C13H19NO.C12H19NO2.2C11H17N.C7H15N.C6H15NO.CH4/c1-3-13-8-4-6-10-15(13)18-16-11-7-5-9-14(16)12-17-2;1-3-11-15-13-9-5-4-7-12(13)8-6-10-14-2;1-3-8-14-11-5-4-6-12(10-11)15-9-7-13-2;1-3-10-4-6-11(7-5-10)8-9-12-2;1-3-10-5-4-6-11(9-10)7-8-12-2;1-3-4-5-6-7-8-2;1-3-5-8-6-4-7-2;/h4-11,17H,3,12H2,1-2H3;4-9,14H,3,10-11H2,1-2H3;4-6,10,13H,3,7-9H2,1-2H3;4-7,12H,3,8-9H2,1-2H3;4-6,9,12H,3,7-8H2,1-2H3;4-5,8H,3,6-7H2,1-2H3;7H,3-6H2,1-2H3;1H4/b;8-6+;;;;5-4+;;. The van der Waals surface area contributed by atoms with Crippen LogP contribution in [0.3, 0.4) is 0 Å². The summed E-state index contributed by atoms with van der Waals surface area (Å²) in [5.74, 6) is 2.70. The molecule has 0 unspecified atom stereocenters. The second kappa shape index (κ2) is 63.8. The van der Waals surface area contributed by atoms with Gasteiger partial charge in [-0.25, -0.2) is 0 Å². The summed E-state index contributed by atoms with van der Waals surface area (Å²) in [5.41, 5.74) is 9.62. The average molecular weight is 1240 g/mol. The predicted molar refractivity (Wildman–Crippen MR) is 393 cm³/mol. The van der Waals surface area contributed by atoms with Crippen molar-refractivity contribution in [3.63, 3.8) is 0 Å². The normalized spacial score (nSPS) is 10.2. The van der Waals surface area contributed by atoms with Gasteiger partial charge in [0.15, 0.2) is 0 Å². The van der Waals surface area contributed by atoms with E-state index in [4.69, 9.17) is 18.9 Å². The van der Waals surface area contributed by atoms with Crippen LogP contribution in [0.25, 0.3) is 6.08 Å². The largest absolute Gasteiger partial charge is 0.493 e. The lowest BCUT2D eigenvalue weighted by Crippen LogP contribution is -2.15. The molecule has 0 fully saturated rings. The number of likely N-dealkylation sites (N-methyl/N-ethyl adjacent to an activating group) is 5. The first-order valence-electron chi connectivity index (χ1n) is 32.6. The summed E-state index contributed by atoms with van der Waals surface area (Å²) in [4.78, 5) is 2.70. The van der Waals surface area contributed by atoms with E-state index >= 15 is 0 Å². The molecule has 0 saturated heterocycles. The molecule has 0 bridgehead atoms. The molecule has 0 radical (unpaired) electrons. The van der Waals surface area contributed by atoms with Gasteiger partial charge in [0.2, 0.25) is 0 Å². The van der Waals surface area contributed by atoms with Gasteiger partial charge in [-0.1, -0.05) is 201 Å². The van der Waals surface area contributed by atoms with Crippen molar-refractivity contribution in [1.29, 1.82) is 0 Å². The van der Waals surface area contributed by atoms with Crippen LogP contribution in [0.5, 0.6) is 17.2 Å². The van der Waals surface area contributed by atoms with E-state index in [-0.39, 0.29) is 7.43 Å². The molecule has 498 valence electrons. The van der Waals surface area contributed by atoms with Crippen molar-refractivity contribution in [1.82, 2.24) is 37.2 Å². The summed E-state index contributed by atoms with van der Waals surface area (Å²) in [6.45, 7) is 25.8. The van der Waals surface area contributed by atoms with Crippen molar-refractivity contribution in [3.8, 4) is 17.2 Å². The van der Waals surface area contributed by atoms with Crippen molar-refractivity contribution in [2.75, 3.05) is 122 Å². The minimum atomic E-state index is 0. The van der Waals surface area contributed by atoms with Crippen LogP contribution in [0.1, 0.15) is 127 Å². The summed E-state index contributed by atoms with van der Waals surface area (Å²) in [6, 6.07) is 50.8. The number of aryl methyl sites for hydroxylation is 3. The lowest BCUT2D eigenvalue weighted by Gasteiger charge is -2.11. The number of rotatable bonds is 35. The van der Waals surface area contributed by atoms with Crippen LogP contribution in [0.2, 0.25) is 0 Å². The smallest absolute Gasteiger partial charge is 0.126 e. The highest BCUT2D eigenvalue weighted by Gasteiger charge is 2.06. The van der Waals surface area contributed by atoms with Gasteiger partial charge in [0, 0.05) is 54.2 Å². The van der Waals surface area contributed by atoms with Crippen molar-refractivity contribution in [3.05, 3.63) is 203 Å². The van der Waals surface area contributed by atoms with Crippen LogP contribution in [-0.4, -0.2) is 122 Å². The van der Waals surface area contributed by atoms with Crippen molar-refractivity contribution in [2.45, 2.75) is 136 Å². The topological polar surface area (TPSA) is 121 Å². The maximum Gasteiger partial charge on any atom is 0.126 e. The van der Waals surface area contributed by atoms with Gasteiger partial charge in [0.25, 0.3) is 0 Å². The Kier molecular flexibility index (Phi) is 61.1. The zero-order valence-electron chi connectivity index (χ0n) is 57.3. The van der Waals surface area contributed by atoms with Crippen LogP contribution in [0.4, 0.5) is 0 Å². The summed E-state index contributed by atoms with van der Waals surface area (Å²) in [6.07, 6.45) is 19.7. The summed E-state index contributed by atoms with van der Waals surface area (Å²) >= 11 is 1.87. The highest BCUT2D eigenvalue weighted by molar-refractivity contribution is 7.99. The molecule has 0 atom stereocenters. The third-order valence-corrected chi connectivity index (χ3v) is 14.0. The Hall–Kier alpha value is -5.77. The fraction of sp³-hybridized carbons (Fsp3) is 0.481. The Morgan fingerprint density at radius 2 is 0.921 bits per heavy atom. The van der Waals surface area contributed by atoms with Crippen LogP contribution in [0, 0.1) is 0 Å². The second-order valence-electron chi connectivity index (χ2n) is 20.4. The van der Waals surface area contributed by atoms with Crippen LogP contribution in [-0.2, 0) is 43.4 Å². The molecule has 11 nitrogen and oxygen atoms in total. The Bertz CT molecular complexity index is 2540. The van der Waals surface area contributed by atoms with Gasteiger partial charge in [0.05, 0.1) is 19.8 Å². The highest BCUT2D eigenvalue weighted by Crippen LogP contribution is 2.33. The van der Waals surface area contributed by atoms with E-state index in [0.717, 1.165) is 159 Å². The summed E-state index contributed by atoms with van der Waals surface area (Å²) < 4.78 is 21.8. The number of allylic oxidation sites excluding steroid dienone is 1. The zero-order valence-corrected chi connectivity index (χ0v) is 58.1. The molecule has 0 amide bonds. The first-order valence-corrected chi connectivity index (χ1v) is 33.5. The first kappa shape index (κ1) is 85.3. The quantitative estimate of drug-likeness (QED) is 0.0152. The Balaban J connectivity index is 0. The highest BCUT2D eigenvalue weighted by atomic mass is 32.2. The molecule has 0 aliphatic carbocycles. The molecule has 0 spiro atoms. The van der Waals surface area contributed by atoms with Gasteiger partial charge in [-0.15, -0.1) is 0 Å². The van der Waals surface area contributed by atoms with Gasteiger partial charge in [-0.05, 0) is 197 Å². The van der Waals surface area contributed by atoms with Gasteiger partial charge in [-0.3, -0.25) is 0 Å². The number of para-hydroxylation sites is 1. The van der Waals surface area contributed by atoms with E-state index in [9.17, 15) is 0 Å². The van der Waals surface area contributed by atoms with Crippen LogP contribution >= 0.6 is 11.8 Å². The molecule has 6 rings (SSSR count). The van der Waals surface area contributed by atoms with Crippen LogP contribution in [0.15, 0.2) is 174 Å². The molecular weight excluding hydrogens is 1120 g/mol. The monoisotopic (exact) mass is 1240 g/mol. The van der Waals surface area contributed by atoms with E-state index in [0.29, 0.717) is 6.61 Å². The maximum atomic E-state index is 5.65. The number of benzene rings is 6.